The fourth-order valence-electron chi connectivity index (χ4n) is 3.65. The fraction of sp³-hybridized carbons (Fsp3) is 0.435. The van der Waals surface area contributed by atoms with E-state index in [0.717, 1.165) is 17.7 Å². The minimum absolute atomic E-state index is 0.195. The van der Waals surface area contributed by atoms with Gasteiger partial charge in [0.25, 0.3) is 11.5 Å². The molecule has 1 fully saturated rings. The summed E-state index contributed by atoms with van der Waals surface area (Å²) >= 11 is 0. The molecule has 1 aliphatic rings. The van der Waals surface area contributed by atoms with Gasteiger partial charge in [-0.2, -0.15) is 5.26 Å². The summed E-state index contributed by atoms with van der Waals surface area (Å²) < 4.78 is 1.65. The summed E-state index contributed by atoms with van der Waals surface area (Å²) in [5, 5.41) is 9.32. The zero-order chi connectivity index (χ0) is 21.0. The molecule has 0 radical (unpaired) electrons. The molecule has 0 atom stereocenters. The topological polar surface area (TPSA) is 69.3 Å². The van der Waals surface area contributed by atoms with Crippen LogP contribution in [0.25, 0.3) is 0 Å². The molecule has 3 rings (SSSR count). The van der Waals surface area contributed by atoms with E-state index in [0.29, 0.717) is 44.2 Å². The van der Waals surface area contributed by atoms with Gasteiger partial charge in [0.2, 0.25) is 0 Å². The smallest absolute Gasteiger partial charge is 0.263 e. The van der Waals surface area contributed by atoms with Gasteiger partial charge in [-0.25, -0.2) is 0 Å². The number of pyridine rings is 1. The number of nitriles is 1. The summed E-state index contributed by atoms with van der Waals surface area (Å²) in [4.78, 5) is 29.9. The molecule has 0 aliphatic carbocycles. The van der Waals surface area contributed by atoms with Crippen LogP contribution in [-0.2, 0) is 6.54 Å². The number of rotatable bonds is 5. The first-order chi connectivity index (χ1) is 13.9. The highest BCUT2D eigenvalue weighted by molar-refractivity contribution is 5.95. The summed E-state index contributed by atoms with van der Waals surface area (Å²) in [6.07, 6.45) is 2.68. The minimum Gasteiger partial charge on any atom is -0.367 e. The quantitative estimate of drug-likeness (QED) is 0.784. The van der Waals surface area contributed by atoms with E-state index >= 15 is 0 Å². The number of carbonyl (C=O) groups excluding carboxylic acids is 1. The SMILES string of the molecule is Cc1ccn(CCC(C)C)c(=O)c1C(=O)N1CCN(c2ccccc2C#N)CC1. The number of piperazine rings is 1. The van der Waals surface area contributed by atoms with Crippen molar-refractivity contribution in [3.8, 4) is 6.07 Å². The van der Waals surface area contributed by atoms with Crippen LogP contribution < -0.4 is 10.5 Å². The highest BCUT2D eigenvalue weighted by Crippen LogP contribution is 2.21. The van der Waals surface area contributed by atoms with Crippen LogP contribution in [0.15, 0.2) is 41.3 Å². The van der Waals surface area contributed by atoms with E-state index < -0.39 is 0 Å². The minimum atomic E-state index is -0.201. The molecule has 1 saturated heterocycles. The summed E-state index contributed by atoms with van der Waals surface area (Å²) in [5.41, 5.74) is 2.33. The van der Waals surface area contributed by atoms with Crippen LogP contribution in [0.1, 0.15) is 41.8 Å². The summed E-state index contributed by atoms with van der Waals surface area (Å²) in [6, 6.07) is 11.6. The molecule has 1 aromatic carbocycles. The Morgan fingerprint density at radius 2 is 1.83 bits per heavy atom. The van der Waals surface area contributed by atoms with Crippen LogP contribution in [0, 0.1) is 24.2 Å². The molecule has 1 aliphatic heterocycles. The van der Waals surface area contributed by atoms with Crippen LogP contribution in [-0.4, -0.2) is 41.6 Å². The maximum absolute atomic E-state index is 13.1. The lowest BCUT2D eigenvalue weighted by atomic mass is 10.1. The van der Waals surface area contributed by atoms with E-state index in [-0.39, 0.29) is 17.0 Å². The third-order valence-corrected chi connectivity index (χ3v) is 5.47. The first-order valence-corrected chi connectivity index (χ1v) is 10.2. The van der Waals surface area contributed by atoms with E-state index in [1.165, 1.54) is 0 Å². The van der Waals surface area contributed by atoms with E-state index in [2.05, 4.69) is 24.8 Å². The lowest BCUT2D eigenvalue weighted by Crippen LogP contribution is -2.50. The van der Waals surface area contributed by atoms with Gasteiger partial charge in [-0.1, -0.05) is 26.0 Å². The van der Waals surface area contributed by atoms with Gasteiger partial charge in [0, 0.05) is 38.9 Å². The van der Waals surface area contributed by atoms with Crippen molar-refractivity contribution in [1.82, 2.24) is 9.47 Å². The second-order valence-electron chi connectivity index (χ2n) is 7.96. The monoisotopic (exact) mass is 392 g/mol. The summed E-state index contributed by atoms with van der Waals surface area (Å²) in [6.45, 7) is 9.01. The molecule has 0 unspecified atom stereocenters. The summed E-state index contributed by atoms with van der Waals surface area (Å²) in [7, 11) is 0. The van der Waals surface area contributed by atoms with Gasteiger partial charge < -0.3 is 14.4 Å². The molecule has 6 nitrogen and oxygen atoms in total. The first kappa shape index (κ1) is 20.7. The fourth-order valence-corrected chi connectivity index (χ4v) is 3.65. The zero-order valence-electron chi connectivity index (χ0n) is 17.4. The molecule has 1 amide bonds. The van der Waals surface area contributed by atoms with E-state index in [4.69, 9.17) is 0 Å². The van der Waals surface area contributed by atoms with Gasteiger partial charge in [-0.15, -0.1) is 0 Å². The van der Waals surface area contributed by atoms with Gasteiger partial charge in [-0.05, 0) is 43.0 Å². The van der Waals surface area contributed by atoms with Crippen molar-refractivity contribution in [2.45, 2.75) is 33.7 Å². The second kappa shape index (κ2) is 8.95. The van der Waals surface area contributed by atoms with Crippen molar-refractivity contribution < 1.29 is 4.79 Å². The Kier molecular flexibility index (Phi) is 6.38. The average Bonchev–Trinajstić information content (AvgIpc) is 2.73. The number of aromatic nitrogens is 1. The van der Waals surface area contributed by atoms with Gasteiger partial charge in [0.05, 0.1) is 11.3 Å². The molecule has 152 valence electrons. The molecule has 2 aromatic rings. The van der Waals surface area contributed by atoms with Crippen LogP contribution in [0.3, 0.4) is 0 Å². The van der Waals surface area contributed by atoms with Crippen molar-refractivity contribution >= 4 is 11.6 Å². The molecule has 1 aromatic heterocycles. The van der Waals surface area contributed by atoms with E-state index in [9.17, 15) is 14.9 Å². The molecule has 0 bridgehead atoms. The number of aryl methyl sites for hydroxylation is 2. The van der Waals surface area contributed by atoms with Crippen molar-refractivity contribution in [2.24, 2.45) is 5.92 Å². The number of amides is 1. The van der Waals surface area contributed by atoms with Crippen LogP contribution in [0.4, 0.5) is 5.69 Å². The Hall–Kier alpha value is -3.07. The van der Waals surface area contributed by atoms with Gasteiger partial charge in [0.1, 0.15) is 11.6 Å². The normalized spacial score (nSPS) is 14.2. The Balaban J connectivity index is 1.75. The molecular formula is C23H28N4O2. The average molecular weight is 393 g/mol. The number of para-hydroxylation sites is 1. The van der Waals surface area contributed by atoms with Crippen LogP contribution in [0.5, 0.6) is 0 Å². The van der Waals surface area contributed by atoms with Crippen LogP contribution in [0.2, 0.25) is 0 Å². The summed E-state index contributed by atoms with van der Waals surface area (Å²) in [5.74, 6) is 0.298. The lowest BCUT2D eigenvalue weighted by molar-refractivity contribution is 0.0743. The zero-order valence-corrected chi connectivity index (χ0v) is 17.4. The van der Waals surface area contributed by atoms with Crippen LogP contribution >= 0.6 is 0 Å². The lowest BCUT2D eigenvalue weighted by Gasteiger charge is -2.36. The Bertz CT molecular complexity index is 979. The third kappa shape index (κ3) is 4.51. The van der Waals surface area contributed by atoms with Crippen molar-refractivity contribution in [3.05, 3.63) is 63.6 Å². The molecule has 0 saturated carbocycles. The predicted molar refractivity (Wildman–Crippen MR) is 114 cm³/mol. The second-order valence-corrected chi connectivity index (χ2v) is 7.96. The van der Waals surface area contributed by atoms with E-state index in [1.807, 2.05) is 31.2 Å². The van der Waals surface area contributed by atoms with Crippen molar-refractivity contribution in [1.29, 1.82) is 5.26 Å². The number of benzene rings is 1. The van der Waals surface area contributed by atoms with Crippen molar-refractivity contribution in [3.63, 3.8) is 0 Å². The molecular weight excluding hydrogens is 364 g/mol. The highest BCUT2D eigenvalue weighted by Gasteiger charge is 2.26. The van der Waals surface area contributed by atoms with Gasteiger partial charge >= 0.3 is 0 Å². The molecule has 6 heteroatoms. The molecule has 0 N–H and O–H groups in total. The third-order valence-electron chi connectivity index (χ3n) is 5.47. The predicted octanol–water partition coefficient (Wildman–Crippen LogP) is 3.04. The van der Waals surface area contributed by atoms with Gasteiger partial charge in [-0.3, -0.25) is 9.59 Å². The molecule has 29 heavy (non-hydrogen) atoms. The highest BCUT2D eigenvalue weighted by atomic mass is 16.2. The maximum atomic E-state index is 13.1. The largest absolute Gasteiger partial charge is 0.367 e. The Labute approximate surface area is 172 Å². The first-order valence-electron chi connectivity index (χ1n) is 10.2. The Morgan fingerprint density at radius 3 is 2.48 bits per heavy atom. The number of anilines is 1. The maximum Gasteiger partial charge on any atom is 0.263 e. The molecule has 2 heterocycles. The number of nitrogens with zero attached hydrogens (tertiary/aromatic N) is 4. The Morgan fingerprint density at radius 1 is 1.14 bits per heavy atom. The van der Waals surface area contributed by atoms with Gasteiger partial charge in [0.15, 0.2) is 0 Å². The number of hydrogen-bond acceptors (Lipinski definition) is 4. The standard InChI is InChI=1S/C23H28N4O2/c1-17(2)8-10-26-11-9-18(3)21(22(26)28)23(29)27-14-12-25(13-15-27)20-7-5-4-6-19(20)16-24/h4-7,9,11,17H,8,10,12-15H2,1-3H3. The van der Waals surface area contributed by atoms with E-state index in [1.54, 1.807) is 21.7 Å². The van der Waals surface area contributed by atoms with Crippen molar-refractivity contribution in [2.75, 3.05) is 31.1 Å². The number of hydrogen-bond donors (Lipinski definition) is 0. The number of carbonyl (C=O) groups is 1. The molecule has 0 spiro atoms.